The number of likely N-dealkylation sites (tertiary alicyclic amines) is 1. The highest BCUT2D eigenvalue weighted by atomic mass is 16.5. The number of carbonyl (C=O) groups excluding carboxylic acids is 1. The Labute approximate surface area is 166 Å². The molecule has 1 saturated heterocycles. The maximum Gasteiger partial charge on any atom is 0.284 e. The quantitative estimate of drug-likeness (QED) is 0.819. The van der Waals surface area contributed by atoms with Crippen molar-refractivity contribution >= 4 is 5.91 Å². The Kier molecular flexibility index (Phi) is 5.70. The van der Waals surface area contributed by atoms with Gasteiger partial charge in [-0.25, -0.2) is 0 Å². The Morgan fingerprint density at radius 1 is 1.29 bits per heavy atom. The number of ether oxygens (including phenoxy) is 2. The monoisotopic (exact) mass is 386 g/mol. The number of para-hydroxylation sites is 1. The van der Waals surface area contributed by atoms with E-state index in [2.05, 4.69) is 31.7 Å². The fourth-order valence-electron chi connectivity index (χ4n) is 4.01. The Balaban J connectivity index is 1.80. The summed E-state index contributed by atoms with van der Waals surface area (Å²) >= 11 is 0. The number of nitrogens with two attached hydrogens (primary N) is 1. The third-order valence-corrected chi connectivity index (χ3v) is 5.27. The second-order valence-corrected chi connectivity index (χ2v) is 8.38. The van der Waals surface area contributed by atoms with Crippen LogP contribution < -0.4 is 15.2 Å². The number of hydrogen-bond acceptors (Lipinski definition) is 5. The van der Waals surface area contributed by atoms with Gasteiger partial charge >= 0.3 is 0 Å². The second kappa shape index (κ2) is 7.87. The number of furan rings is 1. The molecular weight excluding hydrogens is 356 g/mol. The van der Waals surface area contributed by atoms with Crippen LogP contribution in [0.3, 0.4) is 0 Å². The molecule has 1 amide bonds. The summed E-state index contributed by atoms with van der Waals surface area (Å²) in [6.07, 6.45) is 1.04. The van der Waals surface area contributed by atoms with E-state index in [-0.39, 0.29) is 11.2 Å². The summed E-state index contributed by atoms with van der Waals surface area (Å²) < 4.78 is 16.9. The summed E-state index contributed by atoms with van der Waals surface area (Å²) in [5.41, 5.74) is 7.44. The lowest BCUT2D eigenvalue weighted by atomic mass is 9.90. The molecule has 1 aliphatic rings. The lowest BCUT2D eigenvalue weighted by Gasteiger charge is -2.21. The Hall–Kier alpha value is -2.47. The van der Waals surface area contributed by atoms with Crippen molar-refractivity contribution in [2.45, 2.75) is 45.1 Å². The highest BCUT2D eigenvalue weighted by molar-refractivity contribution is 5.90. The predicted octanol–water partition coefficient (Wildman–Crippen LogP) is 3.68. The van der Waals surface area contributed by atoms with Crippen LogP contribution in [0.2, 0.25) is 0 Å². The molecule has 2 aromatic rings. The Bertz CT molecular complexity index is 851. The summed E-state index contributed by atoms with van der Waals surface area (Å²) in [4.78, 5) is 14.0. The molecule has 0 spiro atoms. The second-order valence-electron chi connectivity index (χ2n) is 8.38. The van der Waals surface area contributed by atoms with E-state index in [1.165, 1.54) is 5.56 Å². The minimum absolute atomic E-state index is 0.196. The summed E-state index contributed by atoms with van der Waals surface area (Å²) in [6, 6.07) is 7.83. The molecule has 1 unspecified atom stereocenters. The Morgan fingerprint density at radius 3 is 2.64 bits per heavy atom. The smallest absolute Gasteiger partial charge is 0.284 e. The van der Waals surface area contributed by atoms with Gasteiger partial charge in [0.15, 0.2) is 17.3 Å². The zero-order valence-corrected chi connectivity index (χ0v) is 17.4. The minimum Gasteiger partial charge on any atom is -0.493 e. The normalized spacial score (nSPS) is 17.7. The fourth-order valence-corrected chi connectivity index (χ4v) is 4.01. The molecule has 2 N–H and O–H groups in total. The zero-order valence-electron chi connectivity index (χ0n) is 17.4. The van der Waals surface area contributed by atoms with Gasteiger partial charge in [-0.05, 0) is 25.1 Å². The van der Waals surface area contributed by atoms with Crippen molar-refractivity contribution in [2.75, 3.05) is 27.3 Å². The van der Waals surface area contributed by atoms with E-state index in [1.807, 2.05) is 12.1 Å². The molecule has 1 aliphatic heterocycles. The van der Waals surface area contributed by atoms with Crippen LogP contribution in [0.15, 0.2) is 28.7 Å². The molecule has 0 radical (unpaired) electrons. The van der Waals surface area contributed by atoms with Crippen LogP contribution >= 0.6 is 0 Å². The minimum atomic E-state index is -0.530. The van der Waals surface area contributed by atoms with Gasteiger partial charge in [0, 0.05) is 35.5 Å². The van der Waals surface area contributed by atoms with Crippen molar-refractivity contribution in [3.63, 3.8) is 0 Å². The number of nitrogens with zero attached hydrogens (tertiary/aromatic N) is 1. The van der Waals surface area contributed by atoms with Gasteiger partial charge < -0.3 is 19.6 Å². The topological polar surface area (TPSA) is 77.9 Å². The molecule has 3 rings (SSSR count). The molecular formula is C22H30N2O4. The summed E-state index contributed by atoms with van der Waals surface area (Å²) in [5.74, 6) is 2.46. The van der Waals surface area contributed by atoms with Crippen LogP contribution in [0, 0.1) is 0 Å². The summed E-state index contributed by atoms with van der Waals surface area (Å²) in [5, 5.41) is 0. The maximum absolute atomic E-state index is 11.6. The Morgan fingerprint density at radius 2 is 2.04 bits per heavy atom. The van der Waals surface area contributed by atoms with Gasteiger partial charge in [-0.15, -0.1) is 0 Å². The van der Waals surface area contributed by atoms with E-state index < -0.39 is 5.91 Å². The molecule has 1 atom stereocenters. The third-order valence-electron chi connectivity index (χ3n) is 5.27. The van der Waals surface area contributed by atoms with Gasteiger partial charge in [0.2, 0.25) is 0 Å². The van der Waals surface area contributed by atoms with Gasteiger partial charge in [-0.3, -0.25) is 9.69 Å². The molecule has 1 aromatic carbocycles. The number of amides is 1. The van der Waals surface area contributed by atoms with E-state index in [1.54, 1.807) is 20.3 Å². The first-order valence-corrected chi connectivity index (χ1v) is 9.60. The predicted molar refractivity (Wildman–Crippen MR) is 108 cm³/mol. The van der Waals surface area contributed by atoms with E-state index in [4.69, 9.17) is 19.6 Å². The molecule has 6 heteroatoms. The molecule has 28 heavy (non-hydrogen) atoms. The van der Waals surface area contributed by atoms with Crippen molar-refractivity contribution in [3.8, 4) is 11.5 Å². The van der Waals surface area contributed by atoms with Crippen molar-refractivity contribution in [1.82, 2.24) is 4.90 Å². The molecule has 0 bridgehead atoms. The van der Waals surface area contributed by atoms with Gasteiger partial charge in [-0.1, -0.05) is 32.9 Å². The lowest BCUT2D eigenvalue weighted by molar-refractivity contribution is 0.0970. The first-order chi connectivity index (χ1) is 13.2. The first kappa shape index (κ1) is 20.3. The fraction of sp³-hybridized carbons (Fsp3) is 0.500. The van der Waals surface area contributed by atoms with Crippen molar-refractivity contribution < 1.29 is 18.7 Å². The maximum atomic E-state index is 11.6. The van der Waals surface area contributed by atoms with E-state index in [9.17, 15) is 4.79 Å². The van der Waals surface area contributed by atoms with E-state index >= 15 is 0 Å². The molecule has 1 aromatic heterocycles. The molecule has 2 heterocycles. The molecule has 152 valence electrons. The van der Waals surface area contributed by atoms with Gasteiger partial charge in [0.1, 0.15) is 5.76 Å². The standard InChI is InChI=1S/C22H30N2O4/c1-22(2,3)20-15(11-18(28-20)21(23)25)13-24-10-9-14(12-24)16-7-6-8-17(26-4)19(16)27-5/h6-8,11,14H,9-10,12-13H2,1-5H3,(H2,23,25). The third kappa shape index (κ3) is 4.02. The molecule has 6 nitrogen and oxygen atoms in total. The first-order valence-electron chi connectivity index (χ1n) is 9.60. The zero-order chi connectivity index (χ0) is 20.5. The number of primary amides is 1. The van der Waals surface area contributed by atoms with Crippen LogP contribution in [-0.2, 0) is 12.0 Å². The summed E-state index contributed by atoms with van der Waals surface area (Å²) in [6.45, 7) is 8.83. The van der Waals surface area contributed by atoms with Crippen LogP contribution in [0.25, 0.3) is 0 Å². The van der Waals surface area contributed by atoms with Crippen LogP contribution in [0.1, 0.15) is 60.6 Å². The molecule has 0 aliphatic carbocycles. The average molecular weight is 386 g/mol. The van der Waals surface area contributed by atoms with E-state index in [0.29, 0.717) is 5.92 Å². The number of carbonyl (C=O) groups is 1. The summed E-state index contributed by atoms with van der Waals surface area (Å²) in [7, 11) is 3.34. The van der Waals surface area contributed by atoms with Crippen molar-refractivity contribution in [1.29, 1.82) is 0 Å². The largest absolute Gasteiger partial charge is 0.493 e. The number of methoxy groups -OCH3 is 2. The van der Waals surface area contributed by atoms with Crippen LogP contribution in [0.4, 0.5) is 0 Å². The lowest BCUT2D eigenvalue weighted by Crippen LogP contribution is -2.22. The number of benzene rings is 1. The van der Waals surface area contributed by atoms with Crippen LogP contribution in [0.5, 0.6) is 11.5 Å². The number of hydrogen-bond donors (Lipinski definition) is 1. The van der Waals surface area contributed by atoms with Gasteiger partial charge in [0.05, 0.1) is 14.2 Å². The SMILES string of the molecule is COc1cccc(C2CCN(Cc3cc(C(N)=O)oc3C(C)(C)C)C2)c1OC. The van der Waals surface area contributed by atoms with Crippen LogP contribution in [-0.4, -0.2) is 38.1 Å². The van der Waals surface area contributed by atoms with Crippen molar-refractivity contribution in [2.24, 2.45) is 5.73 Å². The van der Waals surface area contributed by atoms with Crippen molar-refractivity contribution in [3.05, 3.63) is 46.9 Å². The average Bonchev–Trinajstić information content (AvgIpc) is 3.28. The van der Waals surface area contributed by atoms with E-state index in [0.717, 1.165) is 48.9 Å². The highest BCUT2D eigenvalue weighted by Gasteiger charge is 2.31. The molecule has 1 fully saturated rings. The molecule has 0 saturated carbocycles. The number of rotatable bonds is 6. The van der Waals surface area contributed by atoms with Gasteiger partial charge in [0.25, 0.3) is 5.91 Å². The highest BCUT2D eigenvalue weighted by Crippen LogP contribution is 2.40. The van der Waals surface area contributed by atoms with Gasteiger partial charge in [-0.2, -0.15) is 0 Å².